The van der Waals surface area contributed by atoms with E-state index >= 15 is 0 Å². The summed E-state index contributed by atoms with van der Waals surface area (Å²) in [6.45, 7) is 2.94. The minimum absolute atomic E-state index is 0.0307. The van der Waals surface area contributed by atoms with E-state index < -0.39 is 0 Å². The first-order valence-corrected chi connectivity index (χ1v) is 5.97. The smallest absolute Gasteiger partial charge is 0.241 e. The number of amides is 1. The average Bonchev–Trinajstić information content (AvgIpc) is 2.71. The van der Waals surface area contributed by atoms with E-state index in [1.165, 1.54) is 0 Å². The zero-order valence-electron chi connectivity index (χ0n) is 9.61. The van der Waals surface area contributed by atoms with Gasteiger partial charge in [0.05, 0.1) is 16.7 Å². The van der Waals surface area contributed by atoms with E-state index in [0.717, 1.165) is 17.3 Å². The summed E-state index contributed by atoms with van der Waals surface area (Å²) in [4.78, 5) is 11.6. The van der Waals surface area contributed by atoms with Crippen LogP contribution in [0.1, 0.15) is 13.3 Å². The molecule has 1 aromatic carbocycles. The normalized spacial score (nSPS) is 10.7. The molecule has 0 aliphatic carbocycles. The minimum Gasteiger partial charge on any atom is -0.355 e. The van der Waals surface area contributed by atoms with Crippen molar-refractivity contribution >= 4 is 28.4 Å². The fourth-order valence-electron chi connectivity index (χ4n) is 1.65. The zero-order chi connectivity index (χ0) is 12.3. The number of benzene rings is 1. The molecule has 0 aliphatic rings. The van der Waals surface area contributed by atoms with Crippen molar-refractivity contribution in [1.29, 1.82) is 0 Å². The Hall–Kier alpha value is -1.55. The van der Waals surface area contributed by atoms with Gasteiger partial charge in [0.2, 0.25) is 5.91 Å². The van der Waals surface area contributed by atoms with Gasteiger partial charge in [0.1, 0.15) is 6.54 Å². The van der Waals surface area contributed by atoms with Gasteiger partial charge in [-0.1, -0.05) is 24.6 Å². The SMILES string of the molecule is CCCNC(=O)Cn1ncc2c(Cl)cccc21. The molecule has 2 aromatic rings. The third-order valence-electron chi connectivity index (χ3n) is 2.50. The van der Waals surface area contributed by atoms with Gasteiger partial charge >= 0.3 is 0 Å². The number of aromatic nitrogens is 2. The minimum atomic E-state index is -0.0307. The number of hydrogen-bond donors (Lipinski definition) is 1. The molecule has 17 heavy (non-hydrogen) atoms. The van der Waals surface area contributed by atoms with Crippen LogP contribution in [0.3, 0.4) is 0 Å². The molecule has 5 heteroatoms. The molecule has 1 heterocycles. The number of nitrogens with one attached hydrogen (secondary N) is 1. The number of halogens is 1. The zero-order valence-corrected chi connectivity index (χ0v) is 10.4. The Balaban J connectivity index is 2.19. The summed E-state index contributed by atoms with van der Waals surface area (Å²) in [6.07, 6.45) is 2.61. The van der Waals surface area contributed by atoms with Gasteiger partial charge in [-0.05, 0) is 18.6 Å². The van der Waals surface area contributed by atoms with Crippen molar-refractivity contribution in [3.8, 4) is 0 Å². The topological polar surface area (TPSA) is 46.9 Å². The van der Waals surface area contributed by atoms with Crippen LogP contribution >= 0.6 is 11.6 Å². The molecule has 2 rings (SSSR count). The van der Waals surface area contributed by atoms with Crippen molar-refractivity contribution < 1.29 is 4.79 Å². The Kier molecular flexibility index (Phi) is 3.64. The van der Waals surface area contributed by atoms with E-state index in [1.807, 2.05) is 25.1 Å². The summed E-state index contributed by atoms with van der Waals surface area (Å²) in [7, 11) is 0. The second-order valence-corrected chi connectivity index (χ2v) is 4.23. The van der Waals surface area contributed by atoms with Crippen molar-refractivity contribution in [3.05, 3.63) is 29.4 Å². The predicted octanol–water partition coefficient (Wildman–Crippen LogP) is 2.22. The van der Waals surface area contributed by atoms with Crippen molar-refractivity contribution in [1.82, 2.24) is 15.1 Å². The van der Waals surface area contributed by atoms with E-state index in [0.29, 0.717) is 11.6 Å². The highest BCUT2D eigenvalue weighted by Crippen LogP contribution is 2.22. The van der Waals surface area contributed by atoms with E-state index in [9.17, 15) is 4.79 Å². The van der Waals surface area contributed by atoms with Crippen LogP contribution in [0.15, 0.2) is 24.4 Å². The summed E-state index contributed by atoms with van der Waals surface area (Å²) >= 11 is 6.04. The van der Waals surface area contributed by atoms with Crippen molar-refractivity contribution in [2.24, 2.45) is 0 Å². The summed E-state index contributed by atoms with van der Waals surface area (Å²) in [5, 5.41) is 8.52. The molecule has 1 amide bonds. The van der Waals surface area contributed by atoms with Crippen molar-refractivity contribution in [2.75, 3.05) is 6.54 Å². The molecule has 0 aliphatic heterocycles. The molecule has 1 aromatic heterocycles. The number of carbonyl (C=O) groups excluding carboxylic acids is 1. The largest absolute Gasteiger partial charge is 0.355 e. The highest BCUT2D eigenvalue weighted by molar-refractivity contribution is 6.35. The quantitative estimate of drug-likeness (QED) is 0.906. The van der Waals surface area contributed by atoms with E-state index in [1.54, 1.807) is 10.9 Å². The standard InChI is InChI=1S/C12H14ClN3O/c1-2-6-14-12(17)8-16-11-5-3-4-10(13)9(11)7-15-16/h3-5,7H,2,6,8H2,1H3,(H,14,17). The van der Waals surface area contributed by atoms with Crippen molar-refractivity contribution in [3.63, 3.8) is 0 Å². The van der Waals surface area contributed by atoms with Gasteiger partial charge in [0.15, 0.2) is 0 Å². The molecule has 0 fully saturated rings. The number of rotatable bonds is 4. The molecule has 90 valence electrons. The van der Waals surface area contributed by atoms with Crippen molar-refractivity contribution in [2.45, 2.75) is 19.9 Å². The van der Waals surface area contributed by atoms with Gasteiger partial charge in [0.25, 0.3) is 0 Å². The molecule has 0 unspecified atom stereocenters. The van der Waals surface area contributed by atoms with E-state index in [-0.39, 0.29) is 12.5 Å². The first-order valence-electron chi connectivity index (χ1n) is 5.59. The van der Waals surface area contributed by atoms with Crippen LogP contribution in [0.5, 0.6) is 0 Å². The Labute approximate surface area is 105 Å². The van der Waals surface area contributed by atoms with Crippen LogP contribution in [-0.2, 0) is 11.3 Å². The number of carbonyl (C=O) groups is 1. The molecular weight excluding hydrogens is 238 g/mol. The molecular formula is C12H14ClN3O. The lowest BCUT2D eigenvalue weighted by Crippen LogP contribution is -2.28. The molecule has 0 spiro atoms. The molecule has 0 bridgehead atoms. The van der Waals surface area contributed by atoms with Gasteiger partial charge in [-0.15, -0.1) is 0 Å². The number of fused-ring (bicyclic) bond motifs is 1. The van der Waals surface area contributed by atoms with Crippen LogP contribution < -0.4 is 5.32 Å². The number of nitrogens with zero attached hydrogens (tertiary/aromatic N) is 2. The van der Waals surface area contributed by atoms with Gasteiger partial charge in [-0.25, -0.2) is 0 Å². The predicted molar refractivity (Wildman–Crippen MR) is 68.0 cm³/mol. The lowest BCUT2D eigenvalue weighted by molar-refractivity contribution is -0.121. The summed E-state index contributed by atoms with van der Waals surface area (Å²) in [6, 6.07) is 5.57. The fraction of sp³-hybridized carbons (Fsp3) is 0.333. The van der Waals surface area contributed by atoms with Gasteiger partial charge in [0, 0.05) is 11.9 Å². The van der Waals surface area contributed by atoms with Crippen LogP contribution in [0.25, 0.3) is 10.9 Å². The van der Waals surface area contributed by atoms with Crippen LogP contribution in [0.2, 0.25) is 5.02 Å². The molecule has 0 atom stereocenters. The van der Waals surface area contributed by atoms with Crippen LogP contribution in [0.4, 0.5) is 0 Å². The monoisotopic (exact) mass is 251 g/mol. The summed E-state index contributed by atoms with van der Waals surface area (Å²) < 4.78 is 1.66. The second-order valence-electron chi connectivity index (χ2n) is 3.82. The first kappa shape index (κ1) is 11.9. The Morgan fingerprint density at radius 1 is 1.53 bits per heavy atom. The molecule has 4 nitrogen and oxygen atoms in total. The highest BCUT2D eigenvalue weighted by atomic mass is 35.5. The lowest BCUT2D eigenvalue weighted by Gasteiger charge is -2.04. The first-order chi connectivity index (χ1) is 8.22. The van der Waals surface area contributed by atoms with Crippen LogP contribution in [0, 0.1) is 0 Å². The van der Waals surface area contributed by atoms with Gasteiger partial charge in [-0.3, -0.25) is 9.48 Å². The molecule has 1 N–H and O–H groups in total. The summed E-state index contributed by atoms with van der Waals surface area (Å²) in [5.74, 6) is -0.0307. The maximum Gasteiger partial charge on any atom is 0.241 e. The molecule has 0 saturated carbocycles. The Bertz CT molecular complexity index is 536. The third-order valence-corrected chi connectivity index (χ3v) is 2.83. The number of hydrogen-bond acceptors (Lipinski definition) is 2. The van der Waals surface area contributed by atoms with E-state index in [4.69, 9.17) is 11.6 Å². The maximum atomic E-state index is 11.6. The van der Waals surface area contributed by atoms with Crippen LogP contribution in [-0.4, -0.2) is 22.2 Å². The maximum absolute atomic E-state index is 11.6. The Morgan fingerprint density at radius 3 is 3.12 bits per heavy atom. The third kappa shape index (κ3) is 2.58. The highest BCUT2D eigenvalue weighted by Gasteiger charge is 2.08. The van der Waals surface area contributed by atoms with Gasteiger partial charge < -0.3 is 5.32 Å². The van der Waals surface area contributed by atoms with E-state index in [2.05, 4.69) is 10.4 Å². The molecule has 0 saturated heterocycles. The average molecular weight is 252 g/mol. The summed E-state index contributed by atoms with van der Waals surface area (Å²) in [5.41, 5.74) is 0.879. The Morgan fingerprint density at radius 2 is 2.35 bits per heavy atom. The second kappa shape index (κ2) is 5.19. The lowest BCUT2D eigenvalue weighted by atomic mass is 10.2. The molecule has 0 radical (unpaired) electrons. The van der Waals surface area contributed by atoms with Gasteiger partial charge in [-0.2, -0.15) is 5.10 Å². The fourth-order valence-corrected chi connectivity index (χ4v) is 1.87.